The topological polar surface area (TPSA) is 103 Å². The maximum absolute atomic E-state index is 12.5. The summed E-state index contributed by atoms with van der Waals surface area (Å²) in [5.74, 6) is 0.769. The highest BCUT2D eigenvalue weighted by Crippen LogP contribution is 2.30. The Kier molecular flexibility index (Phi) is 6.68. The van der Waals surface area contributed by atoms with Crippen molar-refractivity contribution in [2.45, 2.75) is 24.7 Å². The minimum absolute atomic E-state index is 0.0497. The highest BCUT2D eigenvalue weighted by Gasteiger charge is 2.17. The Morgan fingerprint density at radius 1 is 1.18 bits per heavy atom. The quantitative estimate of drug-likeness (QED) is 0.375. The van der Waals surface area contributed by atoms with Gasteiger partial charge in [-0.1, -0.05) is 22.9 Å². The van der Waals surface area contributed by atoms with Gasteiger partial charge in [0.1, 0.15) is 11.6 Å². The molecule has 0 aliphatic rings. The normalized spacial score (nSPS) is 11.6. The van der Waals surface area contributed by atoms with Crippen molar-refractivity contribution in [3.63, 3.8) is 0 Å². The summed E-state index contributed by atoms with van der Waals surface area (Å²) >= 11 is 7.24. The molecule has 8 nitrogen and oxygen atoms in total. The molecule has 4 rings (SSSR count). The third kappa shape index (κ3) is 5.35. The van der Waals surface area contributed by atoms with Crippen LogP contribution in [0.1, 0.15) is 18.5 Å². The molecule has 2 heterocycles. The van der Waals surface area contributed by atoms with E-state index < -0.39 is 9.84 Å². The molecule has 0 spiro atoms. The monoisotopic (exact) mass is 504 g/mol. The van der Waals surface area contributed by atoms with Gasteiger partial charge in [0.15, 0.2) is 9.84 Å². The Labute approximate surface area is 200 Å². The van der Waals surface area contributed by atoms with Crippen LogP contribution < -0.4 is 10.1 Å². The van der Waals surface area contributed by atoms with Gasteiger partial charge in [0.25, 0.3) is 0 Å². The number of nitrogens with zero attached hydrogens (tertiary/aromatic N) is 3. The molecular formula is C22H21ClN4O4S2. The lowest BCUT2D eigenvalue weighted by Gasteiger charge is -2.07. The van der Waals surface area contributed by atoms with Gasteiger partial charge in [0.2, 0.25) is 11.0 Å². The number of sulfone groups is 1. The Balaban J connectivity index is 1.43. The standard InChI is InChI=1S/C22H21ClN4O4S2/c1-14-12-20(27(26-14)22-24-18-10-7-16(31-2)13-19(18)32-22)25-21(28)4-3-11-33(29,30)17-8-5-15(23)6-9-17/h5-10,12-13H,3-4,11H2,1-2H3,(H,25,28). The molecular weight excluding hydrogens is 484 g/mol. The maximum atomic E-state index is 12.5. The van der Waals surface area contributed by atoms with Gasteiger partial charge >= 0.3 is 0 Å². The molecule has 2 aromatic heterocycles. The number of aryl methyl sites for hydroxylation is 1. The van der Waals surface area contributed by atoms with Crippen molar-refractivity contribution in [3.05, 3.63) is 59.2 Å². The lowest BCUT2D eigenvalue weighted by molar-refractivity contribution is -0.116. The second-order valence-corrected chi connectivity index (χ2v) is 10.9. The molecule has 11 heteroatoms. The number of hydrogen-bond acceptors (Lipinski definition) is 7. The van der Waals surface area contributed by atoms with E-state index in [1.54, 1.807) is 17.9 Å². The number of rotatable bonds is 8. The molecule has 0 bridgehead atoms. The van der Waals surface area contributed by atoms with Crippen molar-refractivity contribution in [3.8, 4) is 10.9 Å². The number of fused-ring (bicyclic) bond motifs is 1. The fraction of sp³-hybridized carbons (Fsp3) is 0.227. The number of carbonyl (C=O) groups excluding carboxylic acids is 1. The van der Waals surface area contributed by atoms with E-state index in [4.69, 9.17) is 16.3 Å². The number of anilines is 1. The number of halogens is 1. The Hall–Kier alpha value is -2.95. The molecule has 0 radical (unpaired) electrons. The Morgan fingerprint density at radius 2 is 1.94 bits per heavy atom. The molecule has 0 aliphatic carbocycles. The van der Waals surface area contributed by atoms with Gasteiger partial charge in [-0.25, -0.2) is 13.4 Å². The van der Waals surface area contributed by atoms with Crippen LogP contribution in [0.25, 0.3) is 15.3 Å². The highest BCUT2D eigenvalue weighted by atomic mass is 35.5. The number of benzene rings is 2. The largest absolute Gasteiger partial charge is 0.497 e. The van der Waals surface area contributed by atoms with Gasteiger partial charge in [-0.05, 0) is 55.8 Å². The molecule has 2 aromatic carbocycles. The maximum Gasteiger partial charge on any atom is 0.225 e. The lowest BCUT2D eigenvalue weighted by Crippen LogP contribution is -2.16. The molecule has 0 unspecified atom stereocenters. The first-order chi connectivity index (χ1) is 15.7. The van der Waals surface area contributed by atoms with Crippen LogP contribution in [-0.4, -0.2) is 42.0 Å². The number of thiazole rings is 1. The Bertz CT molecular complexity index is 1410. The smallest absolute Gasteiger partial charge is 0.225 e. The number of hydrogen-bond donors (Lipinski definition) is 1. The summed E-state index contributed by atoms with van der Waals surface area (Å²) in [6.45, 7) is 1.82. The molecule has 0 saturated carbocycles. The number of nitrogens with one attached hydrogen (secondary N) is 1. The second kappa shape index (κ2) is 9.50. The zero-order chi connectivity index (χ0) is 23.6. The zero-order valence-electron chi connectivity index (χ0n) is 17.9. The predicted molar refractivity (Wildman–Crippen MR) is 129 cm³/mol. The van der Waals surface area contributed by atoms with E-state index in [1.807, 2.05) is 25.1 Å². The second-order valence-electron chi connectivity index (χ2n) is 7.34. The number of amides is 1. The van der Waals surface area contributed by atoms with Gasteiger partial charge < -0.3 is 10.1 Å². The van der Waals surface area contributed by atoms with Crippen molar-refractivity contribution in [1.29, 1.82) is 0 Å². The summed E-state index contributed by atoms with van der Waals surface area (Å²) in [5, 5.41) is 8.34. The van der Waals surface area contributed by atoms with Gasteiger partial charge in [-0.15, -0.1) is 0 Å². The summed E-state index contributed by atoms with van der Waals surface area (Å²) in [4.78, 5) is 17.3. The average Bonchev–Trinajstić information content (AvgIpc) is 3.36. The van der Waals surface area contributed by atoms with E-state index in [1.165, 1.54) is 35.6 Å². The molecule has 0 fully saturated rings. The fourth-order valence-electron chi connectivity index (χ4n) is 3.23. The van der Waals surface area contributed by atoms with Crippen LogP contribution in [-0.2, 0) is 14.6 Å². The van der Waals surface area contributed by atoms with Crippen molar-refractivity contribution >= 4 is 54.7 Å². The van der Waals surface area contributed by atoms with Crippen LogP contribution in [0, 0.1) is 6.92 Å². The van der Waals surface area contributed by atoms with Crippen molar-refractivity contribution in [1.82, 2.24) is 14.8 Å². The third-order valence-corrected chi connectivity index (χ3v) is 7.92. The summed E-state index contributed by atoms with van der Waals surface area (Å²) in [7, 11) is -1.88. The molecule has 1 N–H and O–H groups in total. The third-order valence-electron chi connectivity index (χ3n) is 4.85. The van der Waals surface area contributed by atoms with E-state index in [0.717, 1.165) is 16.0 Å². The van der Waals surface area contributed by atoms with E-state index in [-0.39, 0.29) is 29.4 Å². The van der Waals surface area contributed by atoms with E-state index >= 15 is 0 Å². The van der Waals surface area contributed by atoms with Crippen molar-refractivity contribution < 1.29 is 17.9 Å². The van der Waals surface area contributed by atoms with Crippen molar-refractivity contribution in [2.24, 2.45) is 0 Å². The summed E-state index contributed by atoms with van der Waals surface area (Å²) in [6.07, 6.45) is 0.235. The molecule has 0 aliphatic heterocycles. The van der Waals surface area contributed by atoms with Gasteiger partial charge in [0, 0.05) is 17.5 Å². The first-order valence-corrected chi connectivity index (χ1v) is 12.9. The van der Waals surface area contributed by atoms with Gasteiger partial charge in [-0.3, -0.25) is 4.79 Å². The van der Waals surface area contributed by atoms with Crippen LogP contribution >= 0.6 is 22.9 Å². The van der Waals surface area contributed by atoms with Crippen LogP contribution in [0.15, 0.2) is 53.4 Å². The summed E-state index contributed by atoms with van der Waals surface area (Å²) in [5.41, 5.74) is 1.51. The van der Waals surface area contributed by atoms with Crippen LogP contribution in [0.2, 0.25) is 5.02 Å². The number of aromatic nitrogens is 3. The highest BCUT2D eigenvalue weighted by molar-refractivity contribution is 7.91. The Morgan fingerprint density at radius 3 is 2.67 bits per heavy atom. The zero-order valence-corrected chi connectivity index (χ0v) is 20.3. The minimum atomic E-state index is -3.49. The number of carbonyl (C=O) groups is 1. The van der Waals surface area contributed by atoms with E-state index in [2.05, 4.69) is 15.4 Å². The lowest BCUT2D eigenvalue weighted by atomic mass is 10.3. The first-order valence-electron chi connectivity index (χ1n) is 10.0. The number of methoxy groups -OCH3 is 1. The van der Waals surface area contributed by atoms with Crippen LogP contribution in [0.4, 0.5) is 5.82 Å². The summed E-state index contributed by atoms with van der Waals surface area (Å²) < 4.78 is 32.7. The molecule has 0 atom stereocenters. The fourth-order valence-corrected chi connectivity index (χ4v) is 5.63. The van der Waals surface area contributed by atoms with Crippen molar-refractivity contribution in [2.75, 3.05) is 18.2 Å². The number of ether oxygens (including phenoxy) is 1. The minimum Gasteiger partial charge on any atom is -0.497 e. The molecule has 33 heavy (non-hydrogen) atoms. The molecule has 4 aromatic rings. The molecule has 172 valence electrons. The van der Waals surface area contributed by atoms with E-state index in [9.17, 15) is 13.2 Å². The van der Waals surface area contributed by atoms with E-state index in [0.29, 0.717) is 21.7 Å². The average molecular weight is 505 g/mol. The summed E-state index contributed by atoms with van der Waals surface area (Å²) in [6, 6.07) is 13.3. The molecule has 1 amide bonds. The first kappa shape index (κ1) is 23.2. The van der Waals surface area contributed by atoms with Crippen LogP contribution in [0.5, 0.6) is 5.75 Å². The van der Waals surface area contributed by atoms with Gasteiger partial charge in [0.05, 0.1) is 33.7 Å². The predicted octanol–water partition coefficient (Wildman–Crippen LogP) is 4.65. The molecule has 0 saturated heterocycles. The van der Waals surface area contributed by atoms with Crippen LogP contribution in [0.3, 0.4) is 0 Å². The SMILES string of the molecule is COc1ccc2nc(-n3nc(C)cc3NC(=O)CCCS(=O)(=O)c3ccc(Cl)cc3)sc2c1. The van der Waals surface area contributed by atoms with Gasteiger partial charge in [-0.2, -0.15) is 9.78 Å².